The van der Waals surface area contributed by atoms with Crippen molar-refractivity contribution in [2.24, 2.45) is 5.92 Å². The highest BCUT2D eigenvalue weighted by molar-refractivity contribution is 5.94. The summed E-state index contributed by atoms with van der Waals surface area (Å²) >= 11 is 0. The molecule has 0 atom stereocenters. The van der Waals surface area contributed by atoms with Crippen LogP contribution >= 0.6 is 0 Å². The Hall–Kier alpha value is -2.18. The van der Waals surface area contributed by atoms with E-state index >= 15 is 0 Å². The first kappa shape index (κ1) is 18.2. The predicted octanol–water partition coefficient (Wildman–Crippen LogP) is 2.77. The minimum absolute atomic E-state index is 0.0775. The van der Waals surface area contributed by atoms with Crippen molar-refractivity contribution in [3.8, 4) is 0 Å². The third kappa shape index (κ3) is 4.06. The van der Waals surface area contributed by atoms with Gasteiger partial charge in [0.15, 0.2) is 6.29 Å². The van der Waals surface area contributed by atoms with E-state index in [-0.39, 0.29) is 12.2 Å². The van der Waals surface area contributed by atoms with E-state index in [9.17, 15) is 4.79 Å². The zero-order valence-electron chi connectivity index (χ0n) is 16.1. The third-order valence-electron chi connectivity index (χ3n) is 5.47. The number of carbonyl (C=O) groups is 1. The first-order chi connectivity index (χ1) is 13.1. The number of nitrogens with zero attached hydrogens (tertiary/aromatic N) is 3. The van der Waals surface area contributed by atoms with Crippen molar-refractivity contribution >= 4 is 5.91 Å². The molecule has 2 aromatic rings. The number of hydrogen-bond donors (Lipinski definition) is 0. The number of piperidine rings is 1. The van der Waals surface area contributed by atoms with Gasteiger partial charge in [0.2, 0.25) is 0 Å². The van der Waals surface area contributed by atoms with Crippen LogP contribution in [-0.4, -0.2) is 53.2 Å². The molecule has 1 aromatic carbocycles. The minimum atomic E-state index is -0.0775. The summed E-state index contributed by atoms with van der Waals surface area (Å²) in [4.78, 5) is 14.9. The lowest BCUT2D eigenvalue weighted by atomic mass is 9.95. The lowest BCUT2D eigenvalue weighted by molar-refractivity contribution is -0.0956. The second-order valence-corrected chi connectivity index (χ2v) is 7.52. The van der Waals surface area contributed by atoms with E-state index in [0.717, 1.165) is 48.4 Å². The summed E-state index contributed by atoms with van der Waals surface area (Å²) in [5.41, 5.74) is 3.98. The number of carbonyl (C=O) groups excluding carboxylic acids is 1. The lowest BCUT2D eigenvalue weighted by Gasteiger charge is -2.34. The molecule has 2 aliphatic rings. The zero-order valence-corrected chi connectivity index (χ0v) is 16.1. The number of amides is 1. The second-order valence-electron chi connectivity index (χ2n) is 7.52. The minimum Gasteiger partial charge on any atom is -0.350 e. The molecular weight excluding hydrogens is 342 g/mol. The Morgan fingerprint density at radius 3 is 2.56 bits per heavy atom. The van der Waals surface area contributed by atoms with Crippen LogP contribution in [0.25, 0.3) is 0 Å². The van der Waals surface area contributed by atoms with Gasteiger partial charge in [0.25, 0.3) is 5.91 Å². The second kappa shape index (κ2) is 7.82. The smallest absolute Gasteiger partial charge is 0.253 e. The van der Waals surface area contributed by atoms with Crippen LogP contribution in [0.5, 0.6) is 0 Å². The van der Waals surface area contributed by atoms with E-state index in [0.29, 0.717) is 25.7 Å². The first-order valence-electron chi connectivity index (χ1n) is 9.72. The quantitative estimate of drug-likeness (QED) is 0.832. The molecule has 0 bridgehead atoms. The summed E-state index contributed by atoms with van der Waals surface area (Å²) in [6.07, 6.45) is 1.79. The number of rotatable bonds is 4. The standard InChI is InChI=1S/C21H27N3O3/c1-15-12-16(2)24(22-15)14-17-4-3-5-19(13-17)20(25)23-8-6-18(7-9-23)21-26-10-11-27-21/h3-5,12-13,18,21H,6-11,14H2,1-2H3. The normalized spacial score (nSPS) is 19.0. The molecule has 0 radical (unpaired) electrons. The van der Waals surface area contributed by atoms with Gasteiger partial charge in [-0.3, -0.25) is 9.48 Å². The van der Waals surface area contributed by atoms with Crippen molar-refractivity contribution in [3.63, 3.8) is 0 Å². The van der Waals surface area contributed by atoms with Crippen molar-refractivity contribution in [2.75, 3.05) is 26.3 Å². The van der Waals surface area contributed by atoms with Crippen molar-refractivity contribution in [1.82, 2.24) is 14.7 Å². The molecule has 144 valence electrons. The average molecular weight is 369 g/mol. The summed E-state index contributed by atoms with van der Waals surface area (Å²) in [6.45, 7) is 7.62. The Morgan fingerprint density at radius 1 is 1.15 bits per heavy atom. The van der Waals surface area contributed by atoms with Gasteiger partial charge < -0.3 is 14.4 Å². The van der Waals surface area contributed by atoms with Crippen LogP contribution in [0.2, 0.25) is 0 Å². The fourth-order valence-electron chi connectivity index (χ4n) is 4.02. The van der Waals surface area contributed by atoms with Crippen LogP contribution in [0.4, 0.5) is 0 Å². The first-order valence-corrected chi connectivity index (χ1v) is 9.72. The van der Waals surface area contributed by atoms with Gasteiger partial charge >= 0.3 is 0 Å². The van der Waals surface area contributed by atoms with Crippen molar-refractivity contribution in [2.45, 2.75) is 39.5 Å². The Bertz CT molecular complexity index is 803. The maximum Gasteiger partial charge on any atom is 0.253 e. The predicted molar refractivity (Wildman–Crippen MR) is 102 cm³/mol. The van der Waals surface area contributed by atoms with Crippen LogP contribution < -0.4 is 0 Å². The van der Waals surface area contributed by atoms with Crippen LogP contribution in [0.3, 0.4) is 0 Å². The molecule has 3 heterocycles. The summed E-state index contributed by atoms with van der Waals surface area (Å²) in [6, 6.07) is 9.97. The molecule has 0 aliphatic carbocycles. The van der Waals surface area contributed by atoms with Crippen LogP contribution in [0.1, 0.15) is 40.2 Å². The number of benzene rings is 1. The number of aryl methyl sites for hydroxylation is 2. The Kier molecular flexibility index (Phi) is 5.27. The van der Waals surface area contributed by atoms with Gasteiger partial charge in [0.1, 0.15) is 0 Å². The topological polar surface area (TPSA) is 56.6 Å². The Morgan fingerprint density at radius 2 is 1.89 bits per heavy atom. The fraction of sp³-hybridized carbons (Fsp3) is 0.524. The molecule has 4 rings (SSSR count). The van der Waals surface area contributed by atoms with Crippen molar-refractivity contribution in [1.29, 1.82) is 0 Å². The molecule has 2 aliphatic heterocycles. The van der Waals surface area contributed by atoms with Gasteiger partial charge in [0.05, 0.1) is 25.5 Å². The SMILES string of the molecule is Cc1cc(C)n(Cc2cccc(C(=O)N3CCC(C4OCCO4)CC3)c2)n1. The summed E-state index contributed by atoms with van der Waals surface area (Å²) in [7, 11) is 0. The summed E-state index contributed by atoms with van der Waals surface area (Å²) in [5.74, 6) is 0.505. The highest BCUT2D eigenvalue weighted by Crippen LogP contribution is 2.26. The molecular formula is C21H27N3O3. The van der Waals surface area contributed by atoms with Crippen molar-refractivity contribution in [3.05, 3.63) is 52.8 Å². The molecule has 2 fully saturated rings. The van der Waals surface area contributed by atoms with Gasteiger partial charge in [0, 0.05) is 30.3 Å². The molecule has 0 saturated carbocycles. The van der Waals surface area contributed by atoms with Gasteiger partial charge in [-0.05, 0) is 50.5 Å². The molecule has 0 unspecified atom stereocenters. The van der Waals surface area contributed by atoms with Gasteiger partial charge in [-0.2, -0.15) is 5.10 Å². The van der Waals surface area contributed by atoms with Gasteiger partial charge in [-0.1, -0.05) is 12.1 Å². The Balaban J connectivity index is 1.39. The number of likely N-dealkylation sites (tertiary alicyclic amines) is 1. The summed E-state index contributed by atoms with van der Waals surface area (Å²) < 4.78 is 13.2. The zero-order chi connectivity index (χ0) is 18.8. The molecule has 0 N–H and O–H groups in total. The molecule has 6 nitrogen and oxygen atoms in total. The van der Waals surface area contributed by atoms with E-state index in [1.807, 2.05) is 40.8 Å². The maximum absolute atomic E-state index is 12.9. The van der Waals surface area contributed by atoms with E-state index in [2.05, 4.69) is 18.1 Å². The maximum atomic E-state index is 12.9. The molecule has 1 aromatic heterocycles. The number of ether oxygens (including phenoxy) is 2. The van der Waals surface area contributed by atoms with Crippen LogP contribution in [0, 0.1) is 19.8 Å². The fourth-order valence-corrected chi connectivity index (χ4v) is 4.02. The largest absolute Gasteiger partial charge is 0.350 e. The lowest BCUT2D eigenvalue weighted by Crippen LogP contribution is -2.41. The Labute approximate surface area is 160 Å². The molecule has 6 heteroatoms. The number of hydrogen-bond acceptors (Lipinski definition) is 4. The van der Waals surface area contributed by atoms with Crippen LogP contribution in [-0.2, 0) is 16.0 Å². The van der Waals surface area contributed by atoms with Gasteiger partial charge in [-0.25, -0.2) is 0 Å². The molecule has 2 saturated heterocycles. The number of aromatic nitrogens is 2. The third-order valence-corrected chi connectivity index (χ3v) is 5.47. The van der Waals surface area contributed by atoms with E-state index in [4.69, 9.17) is 9.47 Å². The van der Waals surface area contributed by atoms with Crippen molar-refractivity contribution < 1.29 is 14.3 Å². The van der Waals surface area contributed by atoms with Crippen LogP contribution in [0.15, 0.2) is 30.3 Å². The molecule has 1 amide bonds. The average Bonchev–Trinajstić information content (AvgIpc) is 3.32. The van der Waals surface area contributed by atoms with E-state index in [1.54, 1.807) is 0 Å². The molecule has 27 heavy (non-hydrogen) atoms. The van der Waals surface area contributed by atoms with E-state index in [1.165, 1.54) is 0 Å². The summed E-state index contributed by atoms with van der Waals surface area (Å²) in [5, 5.41) is 4.51. The van der Waals surface area contributed by atoms with Gasteiger partial charge in [-0.15, -0.1) is 0 Å². The monoisotopic (exact) mass is 369 g/mol. The molecule has 0 spiro atoms. The van der Waals surface area contributed by atoms with E-state index < -0.39 is 0 Å². The highest BCUT2D eigenvalue weighted by atomic mass is 16.7. The highest BCUT2D eigenvalue weighted by Gasteiger charge is 2.32.